The maximum absolute atomic E-state index is 14.2. The number of fused-ring (bicyclic) bond motifs is 1. The second-order valence-electron chi connectivity index (χ2n) is 5.10. The van der Waals surface area contributed by atoms with Gasteiger partial charge in [-0.2, -0.15) is 9.61 Å². The van der Waals surface area contributed by atoms with Crippen LogP contribution in [-0.2, 0) is 0 Å². The smallest absolute Gasteiger partial charge is 0.172 e. The van der Waals surface area contributed by atoms with Gasteiger partial charge in [-0.3, -0.25) is 4.98 Å². The fourth-order valence-electron chi connectivity index (χ4n) is 2.42. The van der Waals surface area contributed by atoms with Gasteiger partial charge in [0.25, 0.3) is 0 Å². The fourth-order valence-corrected chi connectivity index (χ4v) is 2.76. The van der Waals surface area contributed by atoms with Crippen LogP contribution in [-0.4, -0.2) is 19.6 Å². The van der Waals surface area contributed by atoms with Crippen molar-refractivity contribution in [2.45, 2.75) is 0 Å². The van der Waals surface area contributed by atoms with Crippen molar-refractivity contribution in [2.75, 3.05) is 5.32 Å². The Labute approximate surface area is 145 Å². The SMILES string of the molecule is Fc1ccccc1-c1cc(Nc2cccnc2)n2ncc(Br)c2n1. The van der Waals surface area contributed by atoms with Crippen LogP contribution in [0, 0.1) is 5.82 Å². The van der Waals surface area contributed by atoms with Gasteiger partial charge in [0.2, 0.25) is 0 Å². The number of pyridine rings is 1. The van der Waals surface area contributed by atoms with Crippen LogP contribution in [0.3, 0.4) is 0 Å². The van der Waals surface area contributed by atoms with E-state index in [0.29, 0.717) is 22.7 Å². The molecule has 0 saturated heterocycles. The van der Waals surface area contributed by atoms with Crippen molar-refractivity contribution in [1.82, 2.24) is 19.6 Å². The lowest BCUT2D eigenvalue weighted by atomic mass is 10.1. The van der Waals surface area contributed by atoms with Crippen molar-refractivity contribution in [3.05, 3.63) is 71.3 Å². The normalized spacial score (nSPS) is 10.9. The van der Waals surface area contributed by atoms with Gasteiger partial charge in [0.15, 0.2) is 5.65 Å². The van der Waals surface area contributed by atoms with E-state index >= 15 is 0 Å². The summed E-state index contributed by atoms with van der Waals surface area (Å²) in [6.07, 6.45) is 5.05. The summed E-state index contributed by atoms with van der Waals surface area (Å²) in [5, 5.41) is 7.55. The third kappa shape index (κ3) is 2.63. The molecule has 4 aromatic rings. The number of benzene rings is 1. The van der Waals surface area contributed by atoms with Gasteiger partial charge < -0.3 is 5.32 Å². The number of anilines is 2. The van der Waals surface area contributed by atoms with E-state index in [1.807, 2.05) is 12.1 Å². The minimum Gasteiger partial charge on any atom is -0.339 e. The molecule has 0 bridgehead atoms. The predicted molar refractivity (Wildman–Crippen MR) is 93.6 cm³/mol. The standard InChI is InChI=1S/C17H11BrFN5/c18-13-10-21-24-16(22-11-4-3-7-20-9-11)8-15(23-17(13)24)12-5-1-2-6-14(12)19/h1-10,22H. The number of rotatable bonds is 3. The lowest BCUT2D eigenvalue weighted by Gasteiger charge is -2.11. The van der Waals surface area contributed by atoms with Crippen molar-refractivity contribution >= 4 is 33.1 Å². The van der Waals surface area contributed by atoms with Crippen LogP contribution in [0.1, 0.15) is 0 Å². The largest absolute Gasteiger partial charge is 0.339 e. The molecule has 0 amide bonds. The number of halogens is 2. The molecule has 3 aromatic heterocycles. The van der Waals surface area contributed by atoms with E-state index in [4.69, 9.17) is 0 Å². The van der Waals surface area contributed by atoms with Crippen LogP contribution >= 0.6 is 15.9 Å². The zero-order valence-electron chi connectivity index (χ0n) is 12.3. The molecule has 3 heterocycles. The molecule has 0 aliphatic heterocycles. The summed E-state index contributed by atoms with van der Waals surface area (Å²) >= 11 is 3.43. The molecule has 0 fully saturated rings. The van der Waals surface area contributed by atoms with Gasteiger partial charge in [-0.25, -0.2) is 9.37 Å². The molecule has 0 saturated carbocycles. The van der Waals surface area contributed by atoms with Crippen LogP contribution in [0.5, 0.6) is 0 Å². The Morgan fingerprint density at radius 3 is 2.75 bits per heavy atom. The van der Waals surface area contributed by atoms with Gasteiger partial charge in [-0.1, -0.05) is 12.1 Å². The summed E-state index contributed by atoms with van der Waals surface area (Å²) in [5.41, 5.74) is 2.36. The Bertz CT molecular complexity index is 1020. The molecular weight excluding hydrogens is 373 g/mol. The molecular formula is C17H11BrFN5. The molecule has 4 rings (SSSR count). The van der Waals surface area contributed by atoms with E-state index in [1.165, 1.54) is 6.07 Å². The van der Waals surface area contributed by atoms with E-state index in [1.54, 1.807) is 47.4 Å². The first kappa shape index (κ1) is 14.8. The summed E-state index contributed by atoms with van der Waals surface area (Å²) < 4.78 is 16.5. The van der Waals surface area contributed by atoms with E-state index in [-0.39, 0.29) is 5.82 Å². The summed E-state index contributed by atoms with van der Waals surface area (Å²) in [7, 11) is 0. The maximum Gasteiger partial charge on any atom is 0.172 e. The van der Waals surface area contributed by atoms with Crippen molar-refractivity contribution in [1.29, 1.82) is 0 Å². The quantitative estimate of drug-likeness (QED) is 0.568. The predicted octanol–water partition coefficient (Wildman–Crippen LogP) is 4.44. The Hall–Kier alpha value is -2.80. The van der Waals surface area contributed by atoms with Gasteiger partial charge in [-0.05, 0) is 40.2 Å². The van der Waals surface area contributed by atoms with Gasteiger partial charge in [0.05, 0.1) is 28.2 Å². The molecule has 5 nitrogen and oxygen atoms in total. The van der Waals surface area contributed by atoms with Crippen molar-refractivity contribution in [2.24, 2.45) is 0 Å². The molecule has 1 N–H and O–H groups in total. The third-order valence-electron chi connectivity index (χ3n) is 3.51. The summed E-state index contributed by atoms with van der Waals surface area (Å²) in [4.78, 5) is 8.61. The van der Waals surface area contributed by atoms with Crippen molar-refractivity contribution in [3.8, 4) is 11.3 Å². The lowest BCUT2D eigenvalue weighted by molar-refractivity contribution is 0.630. The van der Waals surface area contributed by atoms with E-state index < -0.39 is 0 Å². The topological polar surface area (TPSA) is 55.1 Å². The van der Waals surface area contributed by atoms with Crippen LogP contribution in [0.4, 0.5) is 15.9 Å². The maximum atomic E-state index is 14.2. The monoisotopic (exact) mass is 383 g/mol. The molecule has 0 aliphatic carbocycles. The van der Waals surface area contributed by atoms with E-state index in [0.717, 1.165) is 10.2 Å². The van der Waals surface area contributed by atoms with Gasteiger partial charge in [-0.15, -0.1) is 0 Å². The molecule has 24 heavy (non-hydrogen) atoms. The Kier molecular flexibility index (Phi) is 3.70. The number of nitrogens with one attached hydrogen (secondary N) is 1. The first-order valence-corrected chi connectivity index (χ1v) is 7.98. The molecule has 0 radical (unpaired) electrons. The highest BCUT2D eigenvalue weighted by Crippen LogP contribution is 2.28. The number of aromatic nitrogens is 4. The second kappa shape index (κ2) is 6.01. The molecule has 0 atom stereocenters. The highest BCUT2D eigenvalue weighted by Gasteiger charge is 2.13. The summed E-state index contributed by atoms with van der Waals surface area (Å²) in [5.74, 6) is 0.342. The van der Waals surface area contributed by atoms with Crippen LogP contribution in [0.15, 0.2) is 65.5 Å². The number of hydrogen-bond donors (Lipinski definition) is 1. The summed E-state index contributed by atoms with van der Waals surface area (Å²) in [6.45, 7) is 0. The molecule has 0 aliphatic rings. The molecule has 1 aromatic carbocycles. The van der Waals surface area contributed by atoms with Crippen LogP contribution in [0.2, 0.25) is 0 Å². The van der Waals surface area contributed by atoms with E-state index in [2.05, 4.69) is 36.3 Å². The van der Waals surface area contributed by atoms with Crippen LogP contribution < -0.4 is 5.32 Å². The van der Waals surface area contributed by atoms with Crippen molar-refractivity contribution in [3.63, 3.8) is 0 Å². The molecule has 0 unspecified atom stereocenters. The molecule has 118 valence electrons. The average molecular weight is 384 g/mol. The zero-order chi connectivity index (χ0) is 16.5. The number of nitrogens with zero attached hydrogens (tertiary/aromatic N) is 4. The lowest BCUT2D eigenvalue weighted by Crippen LogP contribution is -2.03. The van der Waals surface area contributed by atoms with E-state index in [9.17, 15) is 4.39 Å². The minimum atomic E-state index is -0.322. The first-order valence-electron chi connectivity index (χ1n) is 7.18. The molecule has 7 heteroatoms. The second-order valence-corrected chi connectivity index (χ2v) is 5.96. The molecule has 0 spiro atoms. The Morgan fingerprint density at radius 1 is 1.08 bits per heavy atom. The Balaban J connectivity index is 1.90. The zero-order valence-corrected chi connectivity index (χ0v) is 13.9. The van der Waals surface area contributed by atoms with Crippen molar-refractivity contribution < 1.29 is 4.39 Å². The minimum absolute atomic E-state index is 0.322. The first-order chi connectivity index (χ1) is 11.7. The average Bonchev–Trinajstić information content (AvgIpc) is 2.98. The fraction of sp³-hybridized carbons (Fsp3) is 0. The van der Waals surface area contributed by atoms with Crippen LogP contribution in [0.25, 0.3) is 16.9 Å². The van der Waals surface area contributed by atoms with Gasteiger partial charge >= 0.3 is 0 Å². The Morgan fingerprint density at radius 2 is 1.96 bits per heavy atom. The number of hydrogen-bond acceptors (Lipinski definition) is 4. The van der Waals surface area contributed by atoms with Gasteiger partial charge in [0.1, 0.15) is 11.6 Å². The summed E-state index contributed by atoms with van der Waals surface area (Å²) in [6, 6.07) is 12.0. The van der Waals surface area contributed by atoms with Gasteiger partial charge in [0, 0.05) is 17.8 Å². The highest BCUT2D eigenvalue weighted by molar-refractivity contribution is 9.10. The third-order valence-corrected chi connectivity index (χ3v) is 4.07. The highest BCUT2D eigenvalue weighted by atomic mass is 79.9.